The molecular weight excluding hydrogens is 308 g/mol. The maximum Gasteiger partial charge on any atom is 0.192 e. The lowest BCUT2D eigenvalue weighted by atomic mass is 9.98. The van der Waals surface area contributed by atoms with Crippen molar-refractivity contribution in [2.75, 3.05) is 13.2 Å². The highest BCUT2D eigenvalue weighted by Gasteiger charge is 2.36. The highest BCUT2D eigenvalue weighted by Crippen LogP contribution is 2.36. The molecule has 0 amide bonds. The summed E-state index contributed by atoms with van der Waals surface area (Å²) in [6.45, 7) is 15.5. The van der Waals surface area contributed by atoms with E-state index in [9.17, 15) is 10.2 Å². The summed E-state index contributed by atoms with van der Waals surface area (Å²) >= 11 is 0. The molecule has 0 fully saturated rings. The quantitative estimate of drug-likeness (QED) is 0.418. The molecule has 0 heterocycles. The van der Waals surface area contributed by atoms with Crippen LogP contribution in [0.3, 0.4) is 0 Å². The average Bonchev–Trinajstić information content (AvgIpc) is 2.42. The summed E-state index contributed by atoms with van der Waals surface area (Å²) in [6, 6.07) is 0. The summed E-state index contributed by atoms with van der Waals surface area (Å²) in [4.78, 5) is 0. The molecule has 0 aliphatic rings. The van der Waals surface area contributed by atoms with Crippen LogP contribution >= 0.6 is 0 Å². The van der Waals surface area contributed by atoms with E-state index in [0.717, 1.165) is 12.0 Å². The van der Waals surface area contributed by atoms with Crippen molar-refractivity contribution in [2.24, 2.45) is 5.92 Å². The largest absolute Gasteiger partial charge is 0.413 e. The van der Waals surface area contributed by atoms with Crippen LogP contribution in [0.1, 0.15) is 53.9 Å². The Kier molecular flexibility index (Phi) is 9.85. The van der Waals surface area contributed by atoms with Crippen LogP contribution < -0.4 is 0 Å². The smallest absolute Gasteiger partial charge is 0.192 e. The third-order valence-electron chi connectivity index (χ3n) is 4.98. The van der Waals surface area contributed by atoms with Crippen molar-refractivity contribution < 1.29 is 19.7 Å². The molecule has 0 spiro atoms. The van der Waals surface area contributed by atoms with Gasteiger partial charge in [0, 0.05) is 13.0 Å². The van der Waals surface area contributed by atoms with Crippen LogP contribution in [0.2, 0.25) is 18.1 Å². The first kappa shape index (κ1) is 22.8. The van der Waals surface area contributed by atoms with E-state index in [1.54, 1.807) is 0 Å². The number of aliphatic hydroxyl groups is 3. The Labute approximate surface area is 143 Å². The van der Waals surface area contributed by atoms with Gasteiger partial charge in [0.05, 0.1) is 18.8 Å². The normalized spacial score (nSPS) is 17.9. The Morgan fingerprint density at radius 1 is 1.17 bits per heavy atom. The summed E-state index contributed by atoms with van der Waals surface area (Å²) in [7, 11) is -1.77. The minimum absolute atomic E-state index is 0.138. The number of aliphatic hydroxyl groups excluding tert-OH is 3. The van der Waals surface area contributed by atoms with Crippen molar-refractivity contribution >= 4 is 8.32 Å². The maximum absolute atomic E-state index is 10.2. The van der Waals surface area contributed by atoms with Crippen LogP contribution in [-0.4, -0.2) is 49.1 Å². The second kappa shape index (κ2) is 9.94. The Hall–Kier alpha value is -0.203. The summed E-state index contributed by atoms with van der Waals surface area (Å²) in [5.41, 5.74) is 0.845. The minimum Gasteiger partial charge on any atom is -0.413 e. The molecule has 4 nitrogen and oxygen atoms in total. The molecule has 3 N–H and O–H groups in total. The molecule has 0 aliphatic carbocycles. The van der Waals surface area contributed by atoms with Crippen molar-refractivity contribution in [1.29, 1.82) is 0 Å². The molecule has 0 aromatic carbocycles. The Balaban J connectivity index is 4.30. The Bertz CT molecular complexity index is 361. The maximum atomic E-state index is 10.2. The zero-order chi connectivity index (χ0) is 18.3. The first-order valence-electron chi connectivity index (χ1n) is 8.68. The zero-order valence-corrected chi connectivity index (χ0v) is 17.1. The first-order chi connectivity index (χ1) is 10.4. The van der Waals surface area contributed by atoms with E-state index >= 15 is 0 Å². The van der Waals surface area contributed by atoms with Crippen LogP contribution in [0.15, 0.2) is 11.6 Å². The number of hydrogen-bond donors (Lipinski definition) is 3. The molecule has 0 saturated carbocycles. The SMILES string of the molecule is C/C(=C\CO[Si](C)(C)C(C)(C)C)[C@@H](O)C[C@@H](O)CC[C@@H](C)CO. The van der Waals surface area contributed by atoms with Crippen LogP contribution in [-0.2, 0) is 4.43 Å². The molecule has 0 aromatic rings. The van der Waals surface area contributed by atoms with Gasteiger partial charge in [0.25, 0.3) is 0 Å². The molecular formula is C18H38O4Si. The zero-order valence-electron chi connectivity index (χ0n) is 16.1. The first-order valence-corrected chi connectivity index (χ1v) is 11.6. The van der Waals surface area contributed by atoms with Gasteiger partial charge in [-0.3, -0.25) is 0 Å². The van der Waals surface area contributed by atoms with Crippen LogP contribution in [0.5, 0.6) is 0 Å². The van der Waals surface area contributed by atoms with Crippen LogP contribution in [0.25, 0.3) is 0 Å². The molecule has 0 unspecified atom stereocenters. The third kappa shape index (κ3) is 9.01. The monoisotopic (exact) mass is 346 g/mol. The molecule has 0 aromatic heterocycles. The highest BCUT2D eigenvalue weighted by molar-refractivity contribution is 6.74. The molecule has 0 rings (SSSR count). The third-order valence-corrected chi connectivity index (χ3v) is 9.48. The summed E-state index contributed by atoms with van der Waals surface area (Å²) in [5, 5.41) is 29.3. The van der Waals surface area contributed by atoms with E-state index in [1.165, 1.54) is 0 Å². The van der Waals surface area contributed by atoms with E-state index in [0.29, 0.717) is 19.4 Å². The van der Waals surface area contributed by atoms with E-state index in [4.69, 9.17) is 9.53 Å². The van der Waals surface area contributed by atoms with Gasteiger partial charge in [-0.15, -0.1) is 0 Å². The summed E-state index contributed by atoms with van der Waals surface area (Å²) in [6.07, 6.45) is 2.45. The van der Waals surface area contributed by atoms with Crippen molar-refractivity contribution in [3.63, 3.8) is 0 Å². The van der Waals surface area contributed by atoms with E-state index in [-0.39, 0.29) is 17.6 Å². The second-order valence-electron chi connectivity index (χ2n) is 8.29. The van der Waals surface area contributed by atoms with Crippen molar-refractivity contribution in [3.8, 4) is 0 Å². The van der Waals surface area contributed by atoms with Gasteiger partial charge in [-0.25, -0.2) is 0 Å². The van der Waals surface area contributed by atoms with E-state index < -0.39 is 20.5 Å². The van der Waals surface area contributed by atoms with Gasteiger partial charge in [-0.05, 0) is 49.4 Å². The predicted molar refractivity (Wildman–Crippen MR) is 99.0 cm³/mol. The van der Waals surface area contributed by atoms with E-state index in [1.807, 2.05) is 19.9 Å². The van der Waals surface area contributed by atoms with Gasteiger partial charge in [0.1, 0.15) is 0 Å². The fraction of sp³-hybridized carbons (Fsp3) is 0.889. The van der Waals surface area contributed by atoms with Crippen molar-refractivity contribution in [1.82, 2.24) is 0 Å². The Morgan fingerprint density at radius 3 is 2.22 bits per heavy atom. The van der Waals surface area contributed by atoms with Gasteiger partial charge >= 0.3 is 0 Å². The lowest BCUT2D eigenvalue weighted by Gasteiger charge is -2.35. The van der Waals surface area contributed by atoms with Crippen molar-refractivity contribution in [3.05, 3.63) is 11.6 Å². The highest BCUT2D eigenvalue weighted by atomic mass is 28.4. The van der Waals surface area contributed by atoms with Gasteiger partial charge in [0.2, 0.25) is 0 Å². The van der Waals surface area contributed by atoms with Gasteiger partial charge in [0.15, 0.2) is 8.32 Å². The van der Waals surface area contributed by atoms with Gasteiger partial charge < -0.3 is 19.7 Å². The molecule has 5 heteroatoms. The molecule has 0 bridgehead atoms. The second-order valence-corrected chi connectivity index (χ2v) is 13.1. The minimum atomic E-state index is -1.77. The fourth-order valence-electron chi connectivity index (χ4n) is 1.86. The molecule has 0 radical (unpaired) electrons. The summed E-state index contributed by atoms with van der Waals surface area (Å²) < 4.78 is 6.07. The lowest BCUT2D eigenvalue weighted by Crippen LogP contribution is -2.40. The topological polar surface area (TPSA) is 69.9 Å². The van der Waals surface area contributed by atoms with Gasteiger partial charge in [-0.1, -0.05) is 33.8 Å². The number of rotatable bonds is 10. The molecule has 23 heavy (non-hydrogen) atoms. The predicted octanol–water partition coefficient (Wildman–Crippen LogP) is 3.48. The van der Waals surface area contributed by atoms with Gasteiger partial charge in [-0.2, -0.15) is 0 Å². The molecule has 0 saturated heterocycles. The summed E-state index contributed by atoms with van der Waals surface area (Å²) in [5.74, 6) is 0.191. The van der Waals surface area contributed by atoms with Crippen LogP contribution in [0, 0.1) is 5.92 Å². The van der Waals surface area contributed by atoms with E-state index in [2.05, 4.69) is 33.9 Å². The standard InChI is InChI=1S/C18H38O4Si/c1-14(13-19)8-9-16(20)12-17(21)15(2)10-11-22-23(6,7)18(3,4)5/h10,14,16-17,19-21H,8-9,11-13H2,1-7H3/b15-10+/t14-,16+,17+/m1/s1. The lowest BCUT2D eigenvalue weighted by molar-refractivity contribution is 0.0848. The number of hydrogen-bond acceptors (Lipinski definition) is 4. The molecule has 0 aliphatic heterocycles. The fourth-order valence-corrected chi connectivity index (χ4v) is 2.80. The average molecular weight is 347 g/mol. The van der Waals surface area contributed by atoms with Crippen molar-refractivity contribution in [2.45, 2.75) is 84.2 Å². The molecule has 3 atom stereocenters. The Morgan fingerprint density at radius 2 is 1.74 bits per heavy atom. The van der Waals surface area contributed by atoms with Crippen LogP contribution in [0.4, 0.5) is 0 Å². The molecule has 138 valence electrons.